The van der Waals surface area contributed by atoms with Gasteiger partial charge in [-0.25, -0.2) is 0 Å². The molecule has 3 aliphatic rings. The Hall–Kier alpha value is -1.45. The molecule has 0 unspecified atom stereocenters. The highest BCUT2D eigenvalue weighted by molar-refractivity contribution is 5.73. The van der Waals surface area contributed by atoms with Gasteiger partial charge in [0.05, 0.1) is 6.26 Å². The minimum atomic E-state index is -0.800. The highest BCUT2D eigenvalue weighted by Gasteiger charge is 2.62. The number of amides is 1. The van der Waals surface area contributed by atoms with E-state index in [9.17, 15) is 4.79 Å². The molecular formula is C18H25NO7. The molecule has 1 aromatic heterocycles. The molecule has 0 aliphatic carbocycles. The Kier molecular flexibility index (Phi) is 4.16. The van der Waals surface area contributed by atoms with Crippen LogP contribution >= 0.6 is 0 Å². The first-order valence-electron chi connectivity index (χ1n) is 8.82. The lowest BCUT2D eigenvalue weighted by atomic mass is 9.93. The molecule has 3 saturated heterocycles. The number of fused-ring (bicyclic) bond motifs is 3. The van der Waals surface area contributed by atoms with E-state index in [0.29, 0.717) is 5.76 Å². The van der Waals surface area contributed by atoms with Gasteiger partial charge >= 0.3 is 0 Å². The fraction of sp³-hybridized carbons (Fsp3) is 0.722. The van der Waals surface area contributed by atoms with Crippen LogP contribution in [0.2, 0.25) is 0 Å². The van der Waals surface area contributed by atoms with Crippen LogP contribution in [0.25, 0.3) is 0 Å². The summed E-state index contributed by atoms with van der Waals surface area (Å²) in [6.07, 6.45) is -0.882. The van der Waals surface area contributed by atoms with E-state index < -0.39 is 42.2 Å². The molecule has 0 aromatic carbocycles. The third kappa shape index (κ3) is 3.16. The topological polar surface area (TPSA) is 88.4 Å². The van der Waals surface area contributed by atoms with Crippen LogP contribution in [0.1, 0.15) is 46.4 Å². The van der Waals surface area contributed by atoms with E-state index >= 15 is 0 Å². The zero-order chi connectivity index (χ0) is 18.7. The van der Waals surface area contributed by atoms with Crippen molar-refractivity contribution < 1.29 is 32.9 Å². The van der Waals surface area contributed by atoms with Crippen molar-refractivity contribution >= 4 is 5.91 Å². The minimum Gasteiger partial charge on any atom is -0.467 e. The molecule has 3 aliphatic heterocycles. The molecule has 6 atom stereocenters. The van der Waals surface area contributed by atoms with Crippen molar-refractivity contribution in [3.05, 3.63) is 24.2 Å². The van der Waals surface area contributed by atoms with Crippen LogP contribution in [0.3, 0.4) is 0 Å². The lowest BCUT2D eigenvalue weighted by molar-refractivity contribution is -0.241. The van der Waals surface area contributed by atoms with Crippen molar-refractivity contribution in [3.8, 4) is 0 Å². The van der Waals surface area contributed by atoms with Crippen LogP contribution in [0.5, 0.6) is 0 Å². The molecule has 1 amide bonds. The molecule has 0 radical (unpaired) electrons. The minimum absolute atomic E-state index is 0.198. The molecule has 4 heterocycles. The summed E-state index contributed by atoms with van der Waals surface area (Å²) in [6.45, 7) is 8.81. The fourth-order valence-electron chi connectivity index (χ4n) is 3.91. The molecule has 144 valence electrons. The standard InChI is InChI=1S/C18H25NO7/c1-9(20)19-11(10-7-6-8-21-10)12-13-14(24-17(2,3)23-13)15-16(22-12)26-18(4,5)25-15/h6-8,11-16H,1-5H3,(H,19,20)/t11-,12+,13-,14-,15+,16+/m0/s1. The molecule has 0 saturated carbocycles. The Bertz CT molecular complexity index is 671. The van der Waals surface area contributed by atoms with E-state index in [1.165, 1.54) is 6.92 Å². The molecule has 0 bridgehead atoms. The lowest BCUT2D eigenvalue weighted by Gasteiger charge is -2.40. The third-order valence-corrected chi connectivity index (χ3v) is 4.73. The molecular weight excluding hydrogens is 342 g/mol. The molecule has 4 rings (SSSR count). The Morgan fingerprint density at radius 3 is 2.35 bits per heavy atom. The Balaban J connectivity index is 1.69. The second-order valence-corrected chi connectivity index (χ2v) is 7.83. The maximum Gasteiger partial charge on any atom is 0.217 e. The van der Waals surface area contributed by atoms with E-state index in [-0.39, 0.29) is 12.0 Å². The number of furan rings is 1. The van der Waals surface area contributed by atoms with Gasteiger partial charge in [-0.1, -0.05) is 0 Å². The van der Waals surface area contributed by atoms with Gasteiger partial charge in [0.1, 0.15) is 36.2 Å². The summed E-state index contributed by atoms with van der Waals surface area (Å²) in [6, 6.07) is 3.02. The van der Waals surface area contributed by atoms with Crippen molar-refractivity contribution in [2.45, 2.75) is 82.9 Å². The molecule has 26 heavy (non-hydrogen) atoms. The fourth-order valence-corrected chi connectivity index (χ4v) is 3.91. The van der Waals surface area contributed by atoms with Gasteiger partial charge < -0.3 is 33.4 Å². The Morgan fingerprint density at radius 2 is 1.69 bits per heavy atom. The van der Waals surface area contributed by atoms with Crippen LogP contribution in [-0.4, -0.2) is 48.2 Å². The van der Waals surface area contributed by atoms with Gasteiger partial charge in [-0.3, -0.25) is 4.79 Å². The highest BCUT2D eigenvalue weighted by atomic mass is 16.9. The monoisotopic (exact) mass is 367 g/mol. The molecule has 0 spiro atoms. The zero-order valence-electron chi connectivity index (χ0n) is 15.6. The number of carbonyl (C=O) groups is 1. The number of carbonyl (C=O) groups excluding carboxylic acids is 1. The van der Waals surface area contributed by atoms with E-state index in [4.69, 9.17) is 28.1 Å². The summed E-state index contributed by atoms with van der Waals surface area (Å²) in [5, 5.41) is 2.90. The SMILES string of the molecule is CC(=O)N[C@@H](c1ccco1)[C@H]1O[C@@H]2OC(C)(C)O[C@@H]2[C@H]2OC(C)(C)O[C@H]21. The van der Waals surface area contributed by atoms with Crippen LogP contribution in [0.15, 0.2) is 22.8 Å². The van der Waals surface area contributed by atoms with Crippen LogP contribution < -0.4 is 5.32 Å². The first-order chi connectivity index (χ1) is 12.2. The molecule has 8 heteroatoms. The number of hydrogen-bond acceptors (Lipinski definition) is 7. The maximum absolute atomic E-state index is 11.8. The summed E-state index contributed by atoms with van der Waals surface area (Å²) < 4.78 is 35.9. The molecule has 8 nitrogen and oxygen atoms in total. The molecule has 1 N–H and O–H groups in total. The van der Waals surface area contributed by atoms with E-state index in [0.717, 1.165) is 0 Å². The zero-order valence-corrected chi connectivity index (χ0v) is 15.6. The van der Waals surface area contributed by atoms with Crippen molar-refractivity contribution in [3.63, 3.8) is 0 Å². The van der Waals surface area contributed by atoms with E-state index in [1.54, 1.807) is 18.4 Å². The number of hydrogen-bond donors (Lipinski definition) is 1. The van der Waals surface area contributed by atoms with Crippen molar-refractivity contribution in [1.82, 2.24) is 5.32 Å². The summed E-state index contributed by atoms with van der Waals surface area (Å²) in [4.78, 5) is 11.8. The van der Waals surface area contributed by atoms with Crippen LogP contribution in [0.4, 0.5) is 0 Å². The highest BCUT2D eigenvalue weighted by Crippen LogP contribution is 2.46. The van der Waals surface area contributed by atoms with Gasteiger partial charge in [0.25, 0.3) is 0 Å². The van der Waals surface area contributed by atoms with Gasteiger partial charge in [0, 0.05) is 6.92 Å². The summed E-state index contributed by atoms with van der Waals surface area (Å²) in [7, 11) is 0. The maximum atomic E-state index is 11.8. The molecule has 3 fully saturated rings. The summed E-state index contributed by atoms with van der Waals surface area (Å²) >= 11 is 0. The van der Waals surface area contributed by atoms with Crippen molar-refractivity contribution in [2.75, 3.05) is 0 Å². The van der Waals surface area contributed by atoms with Gasteiger partial charge in [0.2, 0.25) is 5.91 Å². The van der Waals surface area contributed by atoms with E-state index in [1.807, 2.05) is 27.7 Å². The average Bonchev–Trinajstić information content (AvgIpc) is 3.19. The van der Waals surface area contributed by atoms with Gasteiger partial charge in [-0.15, -0.1) is 0 Å². The summed E-state index contributed by atoms with van der Waals surface area (Å²) in [5.41, 5.74) is 0. The number of ether oxygens (including phenoxy) is 5. The first-order valence-corrected chi connectivity index (χ1v) is 8.82. The number of rotatable bonds is 3. The van der Waals surface area contributed by atoms with Crippen LogP contribution in [-0.2, 0) is 28.5 Å². The van der Waals surface area contributed by atoms with Crippen molar-refractivity contribution in [1.29, 1.82) is 0 Å². The third-order valence-electron chi connectivity index (χ3n) is 4.73. The quantitative estimate of drug-likeness (QED) is 0.872. The second-order valence-electron chi connectivity index (χ2n) is 7.83. The Morgan fingerprint density at radius 1 is 1.04 bits per heavy atom. The van der Waals surface area contributed by atoms with Gasteiger partial charge in [0.15, 0.2) is 17.9 Å². The first kappa shape index (κ1) is 17.9. The predicted molar refractivity (Wildman–Crippen MR) is 87.8 cm³/mol. The summed E-state index contributed by atoms with van der Waals surface area (Å²) in [5.74, 6) is -1.21. The predicted octanol–water partition coefficient (Wildman–Crippen LogP) is 1.85. The average molecular weight is 367 g/mol. The van der Waals surface area contributed by atoms with Gasteiger partial charge in [-0.05, 0) is 39.8 Å². The van der Waals surface area contributed by atoms with E-state index in [2.05, 4.69) is 5.32 Å². The molecule has 1 aromatic rings. The van der Waals surface area contributed by atoms with Crippen LogP contribution in [0, 0.1) is 0 Å². The normalized spacial score (nSPS) is 38.4. The number of nitrogens with one attached hydrogen (secondary N) is 1. The lowest BCUT2D eigenvalue weighted by Crippen LogP contribution is -2.58. The Labute approximate surface area is 152 Å². The smallest absolute Gasteiger partial charge is 0.217 e. The van der Waals surface area contributed by atoms with Gasteiger partial charge in [-0.2, -0.15) is 0 Å². The van der Waals surface area contributed by atoms with Crippen molar-refractivity contribution in [2.24, 2.45) is 0 Å². The largest absolute Gasteiger partial charge is 0.467 e. The second kappa shape index (κ2) is 6.03.